The third kappa shape index (κ3) is 3.67. The molecular weight excluding hydrogens is 414 g/mol. The molecule has 2 aromatic rings. The number of hydrogen-bond donors (Lipinski definition) is 0. The SMILES string of the molecule is CCOc1cc(C#N)cc(Br)c1OC(=O)c1ccccc1Br. The van der Waals surface area contributed by atoms with Gasteiger partial charge in [0.15, 0.2) is 11.5 Å². The zero-order chi connectivity index (χ0) is 16.1. The Balaban J connectivity index is 2.39. The van der Waals surface area contributed by atoms with Gasteiger partial charge in [0.2, 0.25) is 0 Å². The lowest BCUT2D eigenvalue weighted by Crippen LogP contribution is -2.11. The van der Waals surface area contributed by atoms with Crippen molar-refractivity contribution in [3.63, 3.8) is 0 Å². The summed E-state index contributed by atoms with van der Waals surface area (Å²) in [6.45, 7) is 2.20. The minimum Gasteiger partial charge on any atom is -0.490 e. The maximum atomic E-state index is 12.3. The summed E-state index contributed by atoms with van der Waals surface area (Å²) < 4.78 is 12.0. The smallest absolute Gasteiger partial charge is 0.344 e. The van der Waals surface area contributed by atoms with Gasteiger partial charge in [-0.3, -0.25) is 0 Å². The van der Waals surface area contributed by atoms with Crippen LogP contribution in [0.1, 0.15) is 22.8 Å². The Labute approximate surface area is 144 Å². The van der Waals surface area contributed by atoms with Gasteiger partial charge in [0.25, 0.3) is 0 Å². The minimum absolute atomic E-state index is 0.251. The van der Waals surface area contributed by atoms with Crippen LogP contribution in [0, 0.1) is 11.3 Å². The number of carbonyl (C=O) groups is 1. The van der Waals surface area contributed by atoms with Crippen LogP contribution in [0.5, 0.6) is 11.5 Å². The Morgan fingerprint density at radius 2 is 1.95 bits per heavy atom. The summed E-state index contributed by atoms with van der Waals surface area (Å²) in [5, 5.41) is 9.00. The Hall–Kier alpha value is -1.84. The molecule has 0 saturated carbocycles. The summed E-state index contributed by atoms with van der Waals surface area (Å²) in [6, 6.07) is 12.1. The van der Waals surface area contributed by atoms with E-state index in [4.69, 9.17) is 14.7 Å². The van der Waals surface area contributed by atoms with Crippen LogP contribution in [-0.2, 0) is 0 Å². The number of esters is 1. The summed E-state index contributed by atoms with van der Waals surface area (Å²) in [6.07, 6.45) is 0. The highest BCUT2D eigenvalue weighted by atomic mass is 79.9. The van der Waals surface area contributed by atoms with Gasteiger partial charge in [-0.1, -0.05) is 12.1 Å². The van der Waals surface area contributed by atoms with Gasteiger partial charge in [0.05, 0.1) is 28.3 Å². The zero-order valence-electron chi connectivity index (χ0n) is 11.6. The average molecular weight is 425 g/mol. The minimum atomic E-state index is -0.515. The fourth-order valence-corrected chi connectivity index (χ4v) is 2.74. The molecule has 0 amide bonds. The number of nitrogens with zero attached hydrogens (tertiary/aromatic N) is 1. The normalized spacial score (nSPS) is 9.91. The largest absolute Gasteiger partial charge is 0.490 e. The van der Waals surface area contributed by atoms with E-state index in [1.165, 1.54) is 6.07 Å². The molecule has 0 spiro atoms. The topological polar surface area (TPSA) is 59.3 Å². The zero-order valence-corrected chi connectivity index (χ0v) is 14.8. The van der Waals surface area contributed by atoms with E-state index in [0.29, 0.717) is 32.4 Å². The van der Waals surface area contributed by atoms with Gasteiger partial charge in [-0.15, -0.1) is 0 Å². The van der Waals surface area contributed by atoms with E-state index < -0.39 is 5.97 Å². The molecule has 0 fully saturated rings. The van der Waals surface area contributed by atoms with Crippen LogP contribution in [0.3, 0.4) is 0 Å². The first kappa shape index (κ1) is 16.5. The summed E-state index contributed by atoms with van der Waals surface area (Å²) in [5.41, 5.74) is 0.817. The summed E-state index contributed by atoms with van der Waals surface area (Å²) in [7, 11) is 0. The van der Waals surface area contributed by atoms with E-state index >= 15 is 0 Å². The maximum Gasteiger partial charge on any atom is 0.344 e. The van der Waals surface area contributed by atoms with Crippen molar-refractivity contribution >= 4 is 37.8 Å². The summed E-state index contributed by atoms with van der Waals surface area (Å²) >= 11 is 6.62. The van der Waals surface area contributed by atoms with E-state index in [2.05, 4.69) is 31.9 Å². The van der Waals surface area contributed by atoms with Gasteiger partial charge in [-0.05, 0) is 57.0 Å². The van der Waals surface area contributed by atoms with E-state index in [0.717, 1.165) is 0 Å². The number of ether oxygens (including phenoxy) is 2. The Morgan fingerprint density at radius 1 is 1.23 bits per heavy atom. The first-order chi connectivity index (χ1) is 10.6. The Morgan fingerprint density at radius 3 is 2.59 bits per heavy atom. The monoisotopic (exact) mass is 423 g/mol. The molecule has 0 radical (unpaired) electrons. The fraction of sp³-hybridized carbons (Fsp3) is 0.125. The van der Waals surface area contributed by atoms with Crippen LogP contribution < -0.4 is 9.47 Å². The van der Waals surface area contributed by atoms with Crippen LogP contribution in [-0.4, -0.2) is 12.6 Å². The molecule has 0 aliphatic rings. The number of hydrogen-bond acceptors (Lipinski definition) is 4. The van der Waals surface area contributed by atoms with Crippen LogP contribution in [0.2, 0.25) is 0 Å². The Kier molecular flexibility index (Phi) is 5.58. The van der Waals surface area contributed by atoms with Crippen molar-refractivity contribution in [1.82, 2.24) is 0 Å². The molecule has 2 aromatic carbocycles. The van der Waals surface area contributed by atoms with Crippen LogP contribution in [0.4, 0.5) is 0 Å². The lowest BCUT2D eigenvalue weighted by atomic mass is 10.2. The maximum absolute atomic E-state index is 12.3. The molecule has 0 unspecified atom stereocenters. The van der Waals surface area contributed by atoms with Crippen molar-refractivity contribution in [3.05, 3.63) is 56.5 Å². The number of nitriles is 1. The van der Waals surface area contributed by atoms with Crippen molar-refractivity contribution in [2.45, 2.75) is 6.92 Å². The molecule has 0 heterocycles. The molecule has 0 aliphatic heterocycles. The van der Waals surface area contributed by atoms with Crippen LogP contribution >= 0.6 is 31.9 Å². The van der Waals surface area contributed by atoms with E-state index in [-0.39, 0.29) is 5.75 Å². The van der Waals surface area contributed by atoms with Crippen molar-refractivity contribution in [1.29, 1.82) is 5.26 Å². The van der Waals surface area contributed by atoms with E-state index in [9.17, 15) is 4.79 Å². The van der Waals surface area contributed by atoms with Crippen molar-refractivity contribution in [2.24, 2.45) is 0 Å². The summed E-state index contributed by atoms with van der Waals surface area (Å²) in [4.78, 5) is 12.3. The van der Waals surface area contributed by atoms with Gasteiger partial charge < -0.3 is 9.47 Å². The molecule has 0 saturated heterocycles. The molecule has 0 N–H and O–H groups in total. The second-order valence-electron chi connectivity index (χ2n) is 4.20. The quantitative estimate of drug-likeness (QED) is 0.527. The van der Waals surface area contributed by atoms with Gasteiger partial charge in [-0.25, -0.2) is 4.79 Å². The first-order valence-corrected chi connectivity index (χ1v) is 7.98. The molecule has 22 heavy (non-hydrogen) atoms. The van der Waals surface area contributed by atoms with Crippen LogP contribution in [0.15, 0.2) is 45.3 Å². The lowest BCUT2D eigenvalue weighted by Gasteiger charge is -2.13. The summed E-state index contributed by atoms with van der Waals surface area (Å²) in [5.74, 6) is 0.0780. The highest BCUT2D eigenvalue weighted by Crippen LogP contribution is 2.37. The molecule has 0 bridgehead atoms. The fourth-order valence-electron chi connectivity index (χ4n) is 1.77. The second kappa shape index (κ2) is 7.43. The molecular formula is C16H11Br2NO3. The molecule has 112 valence electrons. The number of carbonyl (C=O) groups excluding carboxylic acids is 1. The van der Waals surface area contributed by atoms with E-state index in [1.807, 2.05) is 19.1 Å². The Bertz CT molecular complexity index is 754. The molecule has 2 rings (SSSR count). The lowest BCUT2D eigenvalue weighted by molar-refractivity contribution is 0.0726. The molecule has 4 nitrogen and oxygen atoms in total. The molecule has 0 aromatic heterocycles. The highest BCUT2D eigenvalue weighted by Gasteiger charge is 2.18. The third-order valence-corrected chi connectivity index (χ3v) is 4.01. The van der Waals surface area contributed by atoms with Gasteiger partial charge >= 0.3 is 5.97 Å². The molecule has 0 aliphatic carbocycles. The average Bonchev–Trinajstić information content (AvgIpc) is 2.50. The first-order valence-electron chi connectivity index (χ1n) is 6.40. The highest BCUT2D eigenvalue weighted by molar-refractivity contribution is 9.10. The predicted molar refractivity (Wildman–Crippen MR) is 89.1 cm³/mol. The predicted octanol–water partition coefficient (Wildman–Crippen LogP) is 4.70. The van der Waals surface area contributed by atoms with Crippen molar-refractivity contribution < 1.29 is 14.3 Å². The molecule has 6 heteroatoms. The number of benzene rings is 2. The number of halogens is 2. The standard InChI is InChI=1S/C16H11Br2NO3/c1-2-21-14-8-10(9-19)7-13(18)15(14)22-16(20)11-5-3-4-6-12(11)17/h3-8H,2H2,1H3. The van der Waals surface area contributed by atoms with Crippen molar-refractivity contribution in [2.75, 3.05) is 6.61 Å². The van der Waals surface area contributed by atoms with Gasteiger partial charge in [-0.2, -0.15) is 5.26 Å². The number of rotatable bonds is 4. The molecule has 0 atom stereocenters. The van der Waals surface area contributed by atoms with E-state index in [1.54, 1.807) is 24.3 Å². The van der Waals surface area contributed by atoms with Gasteiger partial charge in [0.1, 0.15) is 0 Å². The second-order valence-corrected chi connectivity index (χ2v) is 5.91. The van der Waals surface area contributed by atoms with Crippen LogP contribution in [0.25, 0.3) is 0 Å². The van der Waals surface area contributed by atoms with Gasteiger partial charge in [0, 0.05) is 10.5 Å². The van der Waals surface area contributed by atoms with Crippen molar-refractivity contribution in [3.8, 4) is 17.6 Å². The third-order valence-electron chi connectivity index (χ3n) is 2.73.